The van der Waals surface area contributed by atoms with Gasteiger partial charge in [-0.15, -0.1) is 14.3 Å². The topological polar surface area (TPSA) is 95.6 Å². The van der Waals surface area contributed by atoms with Gasteiger partial charge in [-0.25, -0.2) is 13.1 Å². The number of benzene rings is 2. The molecule has 2 heterocycles. The third kappa shape index (κ3) is 2.34. The molecule has 0 spiro atoms. The molecule has 23 heavy (non-hydrogen) atoms. The van der Waals surface area contributed by atoms with Crippen molar-refractivity contribution < 1.29 is 8.42 Å². The smallest absolute Gasteiger partial charge is 0.244 e. The molecular formula is C14H12N6O2S. The maximum absolute atomic E-state index is 12.5. The van der Waals surface area contributed by atoms with Crippen molar-refractivity contribution >= 4 is 32.1 Å². The lowest BCUT2D eigenvalue weighted by Gasteiger charge is -2.05. The van der Waals surface area contributed by atoms with E-state index in [0.29, 0.717) is 11.0 Å². The molecule has 0 bridgehead atoms. The highest BCUT2D eigenvalue weighted by Crippen LogP contribution is 2.14. The van der Waals surface area contributed by atoms with Gasteiger partial charge in [0, 0.05) is 0 Å². The zero-order valence-corrected chi connectivity index (χ0v) is 12.8. The Bertz CT molecular complexity index is 1100. The van der Waals surface area contributed by atoms with Crippen LogP contribution in [0, 0.1) is 0 Å². The largest absolute Gasteiger partial charge is 0.257 e. The minimum atomic E-state index is -3.63. The number of para-hydroxylation sites is 2. The third-order valence-corrected chi connectivity index (χ3v) is 5.06. The van der Waals surface area contributed by atoms with Crippen LogP contribution in [0.5, 0.6) is 0 Å². The Kier molecular flexibility index (Phi) is 3.08. The summed E-state index contributed by atoms with van der Waals surface area (Å²) in [5, 5.41) is 15.7. The van der Waals surface area contributed by atoms with E-state index in [-0.39, 0.29) is 12.3 Å². The molecule has 4 rings (SSSR count). The molecule has 0 saturated heterocycles. The number of nitrogens with zero attached hydrogens (tertiary/aromatic N) is 6. The number of fused-ring (bicyclic) bond motifs is 2. The second kappa shape index (κ2) is 5.13. The lowest BCUT2D eigenvalue weighted by molar-refractivity contribution is 0.565. The summed E-state index contributed by atoms with van der Waals surface area (Å²) in [6.45, 7) is 0.192. The molecule has 4 aromatic rings. The van der Waals surface area contributed by atoms with Gasteiger partial charge in [-0.1, -0.05) is 34.7 Å². The zero-order valence-electron chi connectivity index (χ0n) is 11.9. The van der Waals surface area contributed by atoms with Crippen molar-refractivity contribution in [2.24, 2.45) is 0 Å². The van der Waals surface area contributed by atoms with Crippen LogP contribution in [0.25, 0.3) is 22.1 Å². The van der Waals surface area contributed by atoms with Crippen LogP contribution in [0.15, 0.2) is 48.5 Å². The van der Waals surface area contributed by atoms with E-state index < -0.39 is 10.0 Å². The second-order valence-corrected chi connectivity index (χ2v) is 6.96. The van der Waals surface area contributed by atoms with E-state index >= 15 is 0 Å². The number of aryl methyl sites for hydroxylation is 1. The van der Waals surface area contributed by atoms with Crippen LogP contribution in [-0.2, 0) is 16.6 Å². The molecule has 0 atom stereocenters. The molecule has 0 radical (unpaired) electrons. The Morgan fingerprint density at radius 2 is 1.43 bits per heavy atom. The van der Waals surface area contributed by atoms with E-state index in [9.17, 15) is 8.42 Å². The lowest BCUT2D eigenvalue weighted by Crippen LogP contribution is -2.21. The van der Waals surface area contributed by atoms with Crippen LogP contribution < -0.4 is 0 Å². The molecule has 0 N–H and O–H groups in total. The van der Waals surface area contributed by atoms with E-state index in [4.69, 9.17) is 0 Å². The standard InChI is InChI=1S/C14H12N6O2S/c21-23(22,20-14-8-4-2-6-12(14)16-18-20)10-9-19-13-7-3-1-5-11(13)15-17-19/h1-8H,9-10H2. The van der Waals surface area contributed by atoms with E-state index in [1.54, 1.807) is 28.9 Å². The Labute approximate surface area is 131 Å². The van der Waals surface area contributed by atoms with Gasteiger partial charge < -0.3 is 0 Å². The highest BCUT2D eigenvalue weighted by molar-refractivity contribution is 7.89. The minimum absolute atomic E-state index is 0.145. The summed E-state index contributed by atoms with van der Waals surface area (Å²) in [7, 11) is -3.63. The quantitative estimate of drug-likeness (QED) is 0.556. The van der Waals surface area contributed by atoms with Crippen molar-refractivity contribution in [1.82, 2.24) is 29.4 Å². The monoisotopic (exact) mass is 328 g/mol. The fraction of sp³-hybridized carbons (Fsp3) is 0.143. The average Bonchev–Trinajstić information content (AvgIpc) is 3.17. The Balaban J connectivity index is 1.65. The summed E-state index contributed by atoms with van der Waals surface area (Å²) in [6, 6.07) is 14.3. The van der Waals surface area contributed by atoms with E-state index in [2.05, 4.69) is 20.6 Å². The van der Waals surface area contributed by atoms with Gasteiger partial charge >= 0.3 is 0 Å². The molecule has 8 nitrogen and oxygen atoms in total. The Morgan fingerprint density at radius 3 is 2.22 bits per heavy atom. The van der Waals surface area contributed by atoms with Crippen LogP contribution in [0.2, 0.25) is 0 Å². The maximum atomic E-state index is 12.5. The summed E-state index contributed by atoms with van der Waals surface area (Å²) in [6.07, 6.45) is 0. The van der Waals surface area contributed by atoms with Gasteiger partial charge in [0.15, 0.2) is 0 Å². The van der Waals surface area contributed by atoms with Crippen LogP contribution in [0.1, 0.15) is 0 Å². The molecule has 0 aliphatic heterocycles. The van der Waals surface area contributed by atoms with Crippen LogP contribution >= 0.6 is 0 Å². The number of hydrogen-bond donors (Lipinski definition) is 0. The van der Waals surface area contributed by atoms with E-state index in [1.807, 2.05) is 24.3 Å². The molecule has 116 valence electrons. The minimum Gasteiger partial charge on any atom is -0.244 e. The van der Waals surface area contributed by atoms with Crippen LogP contribution in [0.3, 0.4) is 0 Å². The first-order valence-corrected chi connectivity index (χ1v) is 8.58. The van der Waals surface area contributed by atoms with Crippen molar-refractivity contribution in [2.75, 3.05) is 5.75 Å². The first-order valence-electron chi connectivity index (χ1n) is 6.97. The fourth-order valence-corrected chi connectivity index (χ4v) is 3.60. The molecule has 0 fully saturated rings. The molecule has 9 heteroatoms. The van der Waals surface area contributed by atoms with Crippen LogP contribution in [0.4, 0.5) is 0 Å². The van der Waals surface area contributed by atoms with Gasteiger partial charge in [0.25, 0.3) is 10.0 Å². The Hall–Kier alpha value is -2.81. The molecule has 0 aliphatic carbocycles. The zero-order chi connectivity index (χ0) is 15.9. The summed E-state index contributed by atoms with van der Waals surface area (Å²) in [5.74, 6) is -0.145. The van der Waals surface area contributed by atoms with Gasteiger partial charge in [-0.3, -0.25) is 0 Å². The van der Waals surface area contributed by atoms with Crippen molar-refractivity contribution in [3.05, 3.63) is 48.5 Å². The number of hydrogen-bond acceptors (Lipinski definition) is 6. The molecule has 0 aliphatic rings. The first kappa shape index (κ1) is 13.8. The highest BCUT2D eigenvalue weighted by atomic mass is 32.2. The number of aromatic nitrogens is 6. The van der Waals surface area contributed by atoms with Gasteiger partial charge in [0.1, 0.15) is 16.6 Å². The molecule has 2 aromatic heterocycles. The molecule has 0 amide bonds. The van der Waals surface area contributed by atoms with Crippen molar-refractivity contribution in [1.29, 1.82) is 0 Å². The van der Waals surface area contributed by atoms with Gasteiger partial charge in [0.05, 0.1) is 17.8 Å². The molecule has 0 unspecified atom stereocenters. The Morgan fingerprint density at radius 1 is 0.826 bits per heavy atom. The predicted octanol–water partition coefficient (Wildman–Crippen LogP) is 1.05. The van der Waals surface area contributed by atoms with Gasteiger partial charge in [0.2, 0.25) is 0 Å². The van der Waals surface area contributed by atoms with Crippen molar-refractivity contribution in [3.8, 4) is 0 Å². The SMILES string of the molecule is O=S(=O)(CCn1nnc2ccccc21)n1nnc2ccccc21. The van der Waals surface area contributed by atoms with E-state index in [1.165, 1.54) is 0 Å². The summed E-state index contributed by atoms with van der Waals surface area (Å²) in [5.41, 5.74) is 2.54. The van der Waals surface area contributed by atoms with Gasteiger partial charge in [-0.2, -0.15) is 0 Å². The second-order valence-electron chi connectivity index (χ2n) is 5.04. The highest BCUT2D eigenvalue weighted by Gasteiger charge is 2.19. The third-order valence-electron chi connectivity index (χ3n) is 3.57. The predicted molar refractivity (Wildman–Crippen MR) is 84.2 cm³/mol. The van der Waals surface area contributed by atoms with E-state index in [0.717, 1.165) is 15.1 Å². The maximum Gasteiger partial charge on any atom is 0.257 e. The molecular weight excluding hydrogens is 316 g/mol. The molecule has 0 saturated carbocycles. The van der Waals surface area contributed by atoms with Gasteiger partial charge in [-0.05, 0) is 24.3 Å². The van der Waals surface area contributed by atoms with Crippen molar-refractivity contribution in [3.63, 3.8) is 0 Å². The molecule has 2 aromatic carbocycles. The summed E-state index contributed by atoms with van der Waals surface area (Å²) >= 11 is 0. The fourth-order valence-electron chi connectivity index (χ4n) is 2.42. The van der Waals surface area contributed by atoms with Crippen molar-refractivity contribution in [2.45, 2.75) is 6.54 Å². The first-order chi connectivity index (χ1) is 11.1. The average molecular weight is 328 g/mol. The summed E-state index contributed by atoms with van der Waals surface area (Å²) < 4.78 is 27.6. The normalized spacial score (nSPS) is 12.2. The number of rotatable bonds is 4. The summed E-state index contributed by atoms with van der Waals surface area (Å²) in [4.78, 5) is 0. The van der Waals surface area contributed by atoms with Crippen LogP contribution in [-0.4, -0.2) is 43.6 Å². The lowest BCUT2D eigenvalue weighted by atomic mass is 10.3.